The average molecular weight is 348 g/mol. The lowest BCUT2D eigenvalue weighted by molar-refractivity contribution is -0.129. The number of amides is 1. The monoisotopic (exact) mass is 347 g/mol. The molecule has 4 nitrogen and oxygen atoms in total. The van der Waals surface area contributed by atoms with E-state index in [1.165, 1.54) is 42.6 Å². The Morgan fingerprint density at radius 3 is 2.71 bits per heavy atom. The minimum atomic E-state index is 0.281. The Bertz CT molecular complexity index is 528. The van der Waals surface area contributed by atoms with Crippen LogP contribution in [0.3, 0.4) is 0 Å². The number of carbonyl (C=O) groups excluding carboxylic acids is 1. The van der Waals surface area contributed by atoms with E-state index in [9.17, 15) is 4.79 Å². The number of nitrogens with one attached hydrogen (secondary N) is 2. The fourth-order valence-electron chi connectivity index (χ4n) is 3.60. The maximum Gasteiger partial charge on any atom is 0.236 e. The Kier molecular flexibility index (Phi) is 6.58. The highest BCUT2D eigenvalue weighted by Gasteiger charge is 2.25. The van der Waals surface area contributed by atoms with Crippen molar-refractivity contribution in [2.45, 2.75) is 50.0 Å². The summed E-state index contributed by atoms with van der Waals surface area (Å²) in [4.78, 5) is 15.4. The third-order valence-electron chi connectivity index (χ3n) is 5.12. The Labute approximate surface area is 149 Å². The van der Waals surface area contributed by atoms with Crippen LogP contribution in [-0.4, -0.2) is 43.0 Å². The minimum Gasteiger partial charge on any atom is -0.342 e. The molecule has 2 N–H and O–H groups in total. The molecule has 1 amide bonds. The Hall–Kier alpha value is -1.04. The molecule has 1 aromatic carbocycles. The first kappa shape index (κ1) is 17.8. The topological polar surface area (TPSA) is 44.4 Å². The predicted molar refractivity (Wildman–Crippen MR) is 100.0 cm³/mol. The molecule has 1 saturated carbocycles. The van der Waals surface area contributed by atoms with Gasteiger partial charge in [-0.3, -0.25) is 9.52 Å². The largest absolute Gasteiger partial charge is 0.342 e. The van der Waals surface area contributed by atoms with Crippen LogP contribution >= 0.6 is 11.9 Å². The van der Waals surface area contributed by atoms with Crippen LogP contribution in [0.1, 0.15) is 37.7 Å². The van der Waals surface area contributed by atoms with Crippen molar-refractivity contribution in [2.24, 2.45) is 5.92 Å². The summed E-state index contributed by atoms with van der Waals surface area (Å²) in [5.74, 6) is 0.992. The van der Waals surface area contributed by atoms with E-state index in [-0.39, 0.29) is 5.91 Å². The number of rotatable bonds is 7. The van der Waals surface area contributed by atoms with Gasteiger partial charge < -0.3 is 10.2 Å². The molecule has 1 aliphatic heterocycles. The number of nitrogens with zero attached hydrogens (tertiary/aromatic N) is 1. The highest BCUT2D eigenvalue weighted by atomic mass is 32.2. The van der Waals surface area contributed by atoms with E-state index in [2.05, 4.69) is 41.2 Å². The molecule has 0 radical (unpaired) electrons. The Morgan fingerprint density at radius 2 is 1.96 bits per heavy atom. The molecular formula is C19H29N3OS. The second kappa shape index (κ2) is 8.88. The molecule has 132 valence electrons. The van der Waals surface area contributed by atoms with Gasteiger partial charge in [0.15, 0.2) is 0 Å². The summed E-state index contributed by atoms with van der Waals surface area (Å²) >= 11 is 1.72. The molecule has 1 aromatic rings. The number of hydrogen-bond acceptors (Lipinski definition) is 4. The first-order chi connectivity index (χ1) is 11.7. The fourth-order valence-corrected chi connectivity index (χ4v) is 4.36. The summed E-state index contributed by atoms with van der Waals surface area (Å²) < 4.78 is 3.51. The van der Waals surface area contributed by atoms with Gasteiger partial charge in [0.2, 0.25) is 5.91 Å². The summed E-state index contributed by atoms with van der Waals surface area (Å²) in [5, 5.41) is 3.48. The van der Waals surface area contributed by atoms with Crippen molar-refractivity contribution >= 4 is 17.9 Å². The van der Waals surface area contributed by atoms with Crippen molar-refractivity contribution in [3.05, 3.63) is 29.8 Å². The molecule has 5 heteroatoms. The summed E-state index contributed by atoms with van der Waals surface area (Å²) in [6.07, 6.45) is 5.95. The van der Waals surface area contributed by atoms with Crippen LogP contribution in [0.4, 0.5) is 0 Å². The second-order valence-electron chi connectivity index (χ2n) is 7.11. The maximum atomic E-state index is 12.1. The van der Waals surface area contributed by atoms with Gasteiger partial charge in [0.25, 0.3) is 0 Å². The third-order valence-corrected chi connectivity index (χ3v) is 5.94. The van der Waals surface area contributed by atoms with Crippen LogP contribution in [0.2, 0.25) is 0 Å². The van der Waals surface area contributed by atoms with Gasteiger partial charge in [-0.05, 0) is 69.0 Å². The molecule has 2 atom stereocenters. The molecule has 1 aliphatic carbocycles. The standard InChI is InChI=1S/C19H29N3OS/c1-15-4-8-18(9-5-15)24-21-13-16-6-7-17(12-16)20-14-19(23)22-10-2-3-11-22/h4-5,8-9,16-17,20-21H,2-3,6-7,10-14H2,1H3. The van der Waals surface area contributed by atoms with Gasteiger partial charge in [-0.15, -0.1) is 0 Å². The minimum absolute atomic E-state index is 0.281. The molecule has 2 unspecified atom stereocenters. The number of aryl methyl sites for hydroxylation is 1. The molecule has 24 heavy (non-hydrogen) atoms. The van der Waals surface area contributed by atoms with Crippen LogP contribution in [0.25, 0.3) is 0 Å². The Morgan fingerprint density at radius 1 is 1.21 bits per heavy atom. The number of carbonyl (C=O) groups is 1. The van der Waals surface area contributed by atoms with E-state index in [1.807, 2.05) is 4.90 Å². The molecule has 3 rings (SSSR count). The quantitative estimate of drug-likeness (QED) is 0.744. The number of benzene rings is 1. The highest BCUT2D eigenvalue weighted by Crippen LogP contribution is 2.26. The molecule has 1 heterocycles. The summed E-state index contributed by atoms with van der Waals surface area (Å²) in [6.45, 7) is 5.57. The molecule has 0 bridgehead atoms. The van der Waals surface area contributed by atoms with E-state index in [4.69, 9.17) is 0 Å². The molecule has 2 fully saturated rings. The van der Waals surface area contributed by atoms with Crippen LogP contribution in [0, 0.1) is 12.8 Å². The summed E-state index contributed by atoms with van der Waals surface area (Å²) in [5.41, 5.74) is 1.30. The molecular weight excluding hydrogens is 318 g/mol. The van der Waals surface area contributed by atoms with E-state index in [1.54, 1.807) is 11.9 Å². The average Bonchev–Trinajstić information content (AvgIpc) is 3.26. The van der Waals surface area contributed by atoms with Crippen molar-refractivity contribution in [2.75, 3.05) is 26.2 Å². The highest BCUT2D eigenvalue weighted by molar-refractivity contribution is 7.97. The van der Waals surface area contributed by atoms with E-state index in [0.717, 1.165) is 19.6 Å². The van der Waals surface area contributed by atoms with Crippen molar-refractivity contribution in [1.29, 1.82) is 0 Å². The van der Waals surface area contributed by atoms with Gasteiger partial charge in [-0.2, -0.15) is 0 Å². The van der Waals surface area contributed by atoms with E-state index < -0.39 is 0 Å². The molecule has 0 spiro atoms. The van der Waals surface area contributed by atoms with Gasteiger partial charge >= 0.3 is 0 Å². The molecule has 1 saturated heterocycles. The zero-order valence-electron chi connectivity index (χ0n) is 14.6. The Balaban J connectivity index is 1.30. The zero-order chi connectivity index (χ0) is 16.8. The van der Waals surface area contributed by atoms with Gasteiger partial charge in [-0.1, -0.05) is 17.7 Å². The summed E-state index contributed by atoms with van der Waals surface area (Å²) in [6, 6.07) is 9.13. The van der Waals surface area contributed by atoms with E-state index in [0.29, 0.717) is 18.5 Å². The SMILES string of the molecule is Cc1ccc(SNCC2CCC(NCC(=O)N3CCCC3)C2)cc1. The molecule has 2 aliphatic rings. The van der Waals surface area contributed by atoms with E-state index >= 15 is 0 Å². The van der Waals surface area contributed by atoms with Crippen LogP contribution in [-0.2, 0) is 4.79 Å². The lowest BCUT2D eigenvalue weighted by Gasteiger charge is -2.18. The predicted octanol–water partition coefficient (Wildman–Crippen LogP) is 2.97. The maximum absolute atomic E-state index is 12.1. The lowest BCUT2D eigenvalue weighted by atomic mass is 10.1. The van der Waals surface area contributed by atoms with Crippen LogP contribution in [0.15, 0.2) is 29.2 Å². The molecule has 0 aromatic heterocycles. The first-order valence-electron chi connectivity index (χ1n) is 9.18. The van der Waals surface area contributed by atoms with Gasteiger partial charge in [0, 0.05) is 30.6 Å². The van der Waals surface area contributed by atoms with Gasteiger partial charge in [-0.25, -0.2) is 0 Å². The van der Waals surface area contributed by atoms with Gasteiger partial charge in [0.05, 0.1) is 6.54 Å². The van der Waals surface area contributed by atoms with Crippen LogP contribution in [0.5, 0.6) is 0 Å². The van der Waals surface area contributed by atoms with Crippen molar-refractivity contribution in [1.82, 2.24) is 14.9 Å². The first-order valence-corrected chi connectivity index (χ1v) is 10.00. The third kappa shape index (κ3) is 5.23. The number of hydrogen-bond donors (Lipinski definition) is 2. The fraction of sp³-hybridized carbons (Fsp3) is 0.632. The smallest absolute Gasteiger partial charge is 0.236 e. The van der Waals surface area contributed by atoms with Crippen molar-refractivity contribution in [3.8, 4) is 0 Å². The number of likely N-dealkylation sites (tertiary alicyclic amines) is 1. The van der Waals surface area contributed by atoms with Crippen molar-refractivity contribution in [3.63, 3.8) is 0 Å². The van der Waals surface area contributed by atoms with Gasteiger partial charge in [0.1, 0.15) is 0 Å². The zero-order valence-corrected chi connectivity index (χ0v) is 15.4. The lowest BCUT2D eigenvalue weighted by Crippen LogP contribution is -2.39. The van der Waals surface area contributed by atoms with Crippen LogP contribution < -0.4 is 10.0 Å². The second-order valence-corrected chi connectivity index (χ2v) is 8.07. The van der Waals surface area contributed by atoms with Crippen molar-refractivity contribution < 1.29 is 4.79 Å². The normalized spacial score (nSPS) is 23.8. The summed E-state index contributed by atoms with van der Waals surface area (Å²) in [7, 11) is 0.